The maximum Gasteiger partial charge on any atom is 0.242 e. The summed E-state index contributed by atoms with van der Waals surface area (Å²) in [7, 11) is 0. The zero-order chi connectivity index (χ0) is 19.9. The second kappa shape index (κ2) is 14.8. The van der Waals surface area contributed by atoms with Gasteiger partial charge in [-0.3, -0.25) is 4.79 Å². The van der Waals surface area contributed by atoms with E-state index >= 15 is 0 Å². The Kier molecular flexibility index (Phi) is 13.1. The van der Waals surface area contributed by atoms with Gasteiger partial charge in [0.05, 0.1) is 46.2 Å². The highest BCUT2D eigenvalue weighted by Gasteiger charge is 2.18. The average molecular weight is 402 g/mol. The quantitative estimate of drug-likeness (QED) is 0.334. The van der Waals surface area contributed by atoms with Gasteiger partial charge in [-0.15, -0.1) is 11.6 Å². The lowest BCUT2D eigenvalue weighted by molar-refractivity contribution is -0.116. The molecule has 0 aliphatic rings. The van der Waals surface area contributed by atoms with E-state index in [2.05, 4.69) is 0 Å². The number of carbonyl (C=O) groups excluding carboxylic acids is 1. The van der Waals surface area contributed by atoms with Crippen LogP contribution in [0.3, 0.4) is 0 Å². The molecule has 0 atom stereocenters. The number of anilines is 1. The predicted octanol–water partition coefficient (Wildman–Crippen LogP) is 2.96. The molecule has 0 radical (unpaired) electrons. The SMILES string of the molecule is CCOCCOCCOCCOCCN(C(=O)CCl)c1c(C)cccc1C. The van der Waals surface area contributed by atoms with Gasteiger partial charge >= 0.3 is 0 Å². The third-order valence-electron chi connectivity index (χ3n) is 3.90. The van der Waals surface area contributed by atoms with Crippen molar-refractivity contribution in [1.29, 1.82) is 0 Å². The molecular weight excluding hydrogens is 370 g/mol. The van der Waals surface area contributed by atoms with E-state index in [1.54, 1.807) is 4.90 Å². The van der Waals surface area contributed by atoms with Gasteiger partial charge in [0.15, 0.2) is 0 Å². The summed E-state index contributed by atoms with van der Waals surface area (Å²) in [4.78, 5) is 13.9. The number of carbonyl (C=O) groups is 1. The molecule has 0 spiro atoms. The topological polar surface area (TPSA) is 57.2 Å². The minimum absolute atomic E-state index is 0.0554. The lowest BCUT2D eigenvalue weighted by atomic mass is 10.1. The van der Waals surface area contributed by atoms with Crippen molar-refractivity contribution in [3.8, 4) is 0 Å². The Bertz CT molecular complexity index is 521. The van der Waals surface area contributed by atoms with Crippen LogP contribution < -0.4 is 4.90 Å². The Balaban J connectivity index is 2.23. The Morgan fingerprint density at radius 3 is 1.85 bits per heavy atom. The molecule has 0 N–H and O–H groups in total. The first-order chi connectivity index (χ1) is 13.1. The maximum atomic E-state index is 12.2. The standard InChI is InChI=1S/C20H32ClNO5/c1-4-24-10-11-26-14-15-27-13-12-25-9-8-22(19(23)16-21)20-17(2)6-5-7-18(20)3/h5-7H,4,8-16H2,1-3H3. The first-order valence-electron chi connectivity index (χ1n) is 9.35. The Hall–Kier alpha value is -1.18. The van der Waals surface area contributed by atoms with Gasteiger partial charge in [-0.2, -0.15) is 0 Å². The molecule has 0 aliphatic heterocycles. The number of rotatable bonds is 15. The number of para-hydroxylation sites is 1. The lowest BCUT2D eigenvalue weighted by Crippen LogP contribution is -2.36. The van der Waals surface area contributed by atoms with E-state index in [4.69, 9.17) is 30.5 Å². The van der Waals surface area contributed by atoms with Crippen LogP contribution >= 0.6 is 11.6 Å². The number of benzene rings is 1. The fourth-order valence-electron chi connectivity index (χ4n) is 2.62. The van der Waals surface area contributed by atoms with Gasteiger partial charge in [0.1, 0.15) is 5.88 Å². The number of ether oxygens (including phenoxy) is 4. The van der Waals surface area contributed by atoms with Crippen LogP contribution in [0, 0.1) is 13.8 Å². The number of hydrogen-bond donors (Lipinski definition) is 0. The zero-order valence-corrected chi connectivity index (χ0v) is 17.4. The second-order valence-corrected chi connectivity index (χ2v) is 6.22. The van der Waals surface area contributed by atoms with Crippen LogP contribution in [0.25, 0.3) is 0 Å². The normalized spacial score (nSPS) is 11.0. The van der Waals surface area contributed by atoms with Crippen molar-refractivity contribution in [2.45, 2.75) is 20.8 Å². The molecule has 0 aromatic heterocycles. The largest absolute Gasteiger partial charge is 0.379 e. The number of alkyl halides is 1. The molecule has 27 heavy (non-hydrogen) atoms. The molecule has 1 amide bonds. The summed E-state index contributed by atoms with van der Waals surface area (Å²) in [5.74, 6) is -0.182. The number of hydrogen-bond acceptors (Lipinski definition) is 5. The molecule has 0 fully saturated rings. The van der Waals surface area contributed by atoms with E-state index in [0.717, 1.165) is 16.8 Å². The van der Waals surface area contributed by atoms with Gasteiger partial charge < -0.3 is 23.8 Å². The number of amides is 1. The molecule has 0 aliphatic carbocycles. The van der Waals surface area contributed by atoms with Gasteiger partial charge in [-0.05, 0) is 31.9 Å². The van der Waals surface area contributed by atoms with Crippen molar-refractivity contribution < 1.29 is 23.7 Å². The van der Waals surface area contributed by atoms with Crippen molar-refractivity contribution in [2.75, 3.05) is 70.2 Å². The smallest absolute Gasteiger partial charge is 0.242 e. The maximum absolute atomic E-state index is 12.2. The highest BCUT2D eigenvalue weighted by atomic mass is 35.5. The molecule has 0 heterocycles. The van der Waals surface area contributed by atoms with Crippen molar-refractivity contribution in [2.24, 2.45) is 0 Å². The molecule has 1 aromatic carbocycles. The molecule has 6 nitrogen and oxygen atoms in total. The van der Waals surface area contributed by atoms with Crippen LogP contribution in [-0.2, 0) is 23.7 Å². The number of nitrogens with zero attached hydrogens (tertiary/aromatic N) is 1. The summed E-state index contributed by atoms with van der Waals surface area (Å²) >= 11 is 5.78. The van der Waals surface area contributed by atoms with Crippen molar-refractivity contribution in [1.82, 2.24) is 0 Å². The molecule has 0 saturated carbocycles. The van der Waals surface area contributed by atoms with Crippen molar-refractivity contribution in [3.63, 3.8) is 0 Å². The third kappa shape index (κ3) is 9.53. The van der Waals surface area contributed by atoms with E-state index in [1.807, 2.05) is 39.0 Å². The summed E-state index contributed by atoms with van der Waals surface area (Å²) in [6, 6.07) is 5.95. The van der Waals surface area contributed by atoms with Gasteiger partial charge in [0, 0.05) is 18.8 Å². The minimum atomic E-state index is -0.127. The van der Waals surface area contributed by atoms with Crippen LogP contribution in [0.2, 0.25) is 0 Å². The Morgan fingerprint density at radius 1 is 0.889 bits per heavy atom. The van der Waals surface area contributed by atoms with Gasteiger partial charge in [-0.1, -0.05) is 18.2 Å². The summed E-state index contributed by atoms with van der Waals surface area (Å²) in [5.41, 5.74) is 2.99. The Morgan fingerprint density at radius 2 is 1.37 bits per heavy atom. The number of aryl methyl sites for hydroxylation is 2. The van der Waals surface area contributed by atoms with Crippen LogP contribution in [0.1, 0.15) is 18.1 Å². The van der Waals surface area contributed by atoms with Crippen molar-refractivity contribution >= 4 is 23.2 Å². The monoisotopic (exact) mass is 401 g/mol. The van der Waals surface area contributed by atoms with E-state index in [-0.39, 0.29) is 11.8 Å². The molecule has 1 rings (SSSR count). The van der Waals surface area contributed by atoms with E-state index in [1.165, 1.54) is 0 Å². The molecule has 154 valence electrons. The molecule has 0 unspecified atom stereocenters. The molecule has 0 bridgehead atoms. The molecule has 7 heteroatoms. The summed E-state index contributed by atoms with van der Waals surface area (Å²) in [6.45, 7) is 10.7. The van der Waals surface area contributed by atoms with Crippen LogP contribution in [0.15, 0.2) is 18.2 Å². The first kappa shape index (κ1) is 23.9. The van der Waals surface area contributed by atoms with Crippen LogP contribution in [0.5, 0.6) is 0 Å². The fraction of sp³-hybridized carbons (Fsp3) is 0.650. The van der Waals surface area contributed by atoms with E-state index in [0.29, 0.717) is 59.4 Å². The molecule has 0 saturated heterocycles. The molecule has 1 aromatic rings. The zero-order valence-electron chi connectivity index (χ0n) is 16.7. The first-order valence-corrected chi connectivity index (χ1v) is 9.88. The Labute approximate surface area is 167 Å². The highest BCUT2D eigenvalue weighted by Crippen LogP contribution is 2.24. The van der Waals surface area contributed by atoms with E-state index < -0.39 is 0 Å². The van der Waals surface area contributed by atoms with Crippen LogP contribution in [-0.4, -0.2) is 71.2 Å². The average Bonchev–Trinajstić information content (AvgIpc) is 2.66. The predicted molar refractivity (Wildman–Crippen MR) is 108 cm³/mol. The van der Waals surface area contributed by atoms with Gasteiger partial charge in [0.25, 0.3) is 0 Å². The van der Waals surface area contributed by atoms with E-state index in [9.17, 15) is 4.79 Å². The lowest BCUT2D eigenvalue weighted by Gasteiger charge is -2.25. The van der Waals surface area contributed by atoms with Gasteiger partial charge in [0.2, 0.25) is 5.91 Å². The summed E-state index contributed by atoms with van der Waals surface area (Å²) in [6.07, 6.45) is 0. The highest BCUT2D eigenvalue weighted by molar-refractivity contribution is 6.29. The van der Waals surface area contributed by atoms with Crippen molar-refractivity contribution in [3.05, 3.63) is 29.3 Å². The third-order valence-corrected chi connectivity index (χ3v) is 4.13. The minimum Gasteiger partial charge on any atom is -0.379 e. The van der Waals surface area contributed by atoms with Gasteiger partial charge in [-0.25, -0.2) is 0 Å². The fourth-order valence-corrected chi connectivity index (χ4v) is 2.77. The summed E-state index contributed by atoms with van der Waals surface area (Å²) in [5, 5.41) is 0. The van der Waals surface area contributed by atoms with Crippen LogP contribution in [0.4, 0.5) is 5.69 Å². The summed E-state index contributed by atoms with van der Waals surface area (Å²) < 4.78 is 21.6. The number of halogens is 1. The second-order valence-electron chi connectivity index (χ2n) is 5.95. The molecular formula is C20H32ClNO5.